The Morgan fingerprint density at radius 1 is 0.952 bits per heavy atom. The van der Waals surface area contributed by atoms with Gasteiger partial charge in [-0.15, -0.1) is 0 Å². The van der Waals surface area contributed by atoms with E-state index in [2.05, 4.69) is 104 Å². The van der Waals surface area contributed by atoms with Crippen molar-refractivity contribution in [2.75, 3.05) is 0 Å². The predicted octanol–water partition coefficient (Wildman–Crippen LogP) is 6.37. The van der Waals surface area contributed by atoms with Crippen LogP contribution in [0.15, 0.2) is 65.8 Å². The number of halogens is 1. The summed E-state index contributed by atoms with van der Waals surface area (Å²) >= 11 is 2.42. The molecule has 3 rings (SSSR count). The van der Waals surface area contributed by atoms with Crippen LogP contribution in [0, 0.1) is 8.99 Å². The van der Waals surface area contributed by atoms with Gasteiger partial charge in [0.25, 0.3) is 0 Å². The largest absolute Gasteiger partial charge is 0.0610 e. The number of hydrogen-bond acceptors (Lipinski definition) is 0. The fraction of sp³-hybridized carbons (Fsp3) is 0.200. The summed E-state index contributed by atoms with van der Waals surface area (Å²) in [7, 11) is 0. The molecule has 0 amide bonds. The molecular formula is C20H19I. The van der Waals surface area contributed by atoms with Crippen LogP contribution in [-0.4, -0.2) is 0 Å². The minimum Gasteiger partial charge on any atom is -0.0610 e. The summed E-state index contributed by atoms with van der Waals surface area (Å²) in [6.07, 6.45) is 9.05. The van der Waals surface area contributed by atoms with Crippen molar-refractivity contribution in [2.24, 2.45) is 5.41 Å². The number of rotatable bonds is 1. The Hall–Kier alpha value is -1.35. The second kappa shape index (κ2) is 5.45. The molecule has 0 aliphatic heterocycles. The predicted molar refractivity (Wildman–Crippen MR) is 101 cm³/mol. The van der Waals surface area contributed by atoms with Gasteiger partial charge >= 0.3 is 0 Å². The lowest BCUT2D eigenvalue weighted by atomic mass is 9.87. The van der Waals surface area contributed by atoms with Gasteiger partial charge in [-0.2, -0.15) is 0 Å². The first-order chi connectivity index (χ1) is 9.95. The van der Waals surface area contributed by atoms with Crippen molar-refractivity contribution >= 4 is 39.4 Å². The molecule has 1 aliphatic carbocycles. The summed E-state index contributed by atoms with van der Waals surface area (Å²) in [4.78, 5) is 0. The maximum absolute atomic E-state index is 2.42. The molecule has 21 heavy (non-hydrogen) atoms. The summed E-state index contributed by atoms with van der Waals surface area (Å²) < 4.78 is 1.31. The molecule has 0 saturated carbocycles. The molecule has 0 fully saturated rings. The van der Waals surface area contributed by atoms with E-state index in [9.17, 15) is 0 Å². The van der Waals surface area contributed by atoms with Crippen LogP contribution in [0.4, 0.5) is 0 Å². The quantitative estimate of drug-likeness (QED) is 0.500. The van der Waals surface area contributed by atoms with E-state index in [4.69, 9.17) is 0 Å². The van der Waals surface area contributed by atoms with Crippen molar-refractivity contribution in [3.8, 4) is 0 Å². The zero-order valence-electron chi connectivity index (χ0n) is 12.7. The summed E-state index contributed by atoms with van der Waals surface area (Å²) in [5.41, 5.74) is 4.18. The fourth-order valence-corrected chi connectivity index (χ4v) is 3.47. The highest BCUT2D eigenvalue weighted by atomic mass is 127. The van der Waals surface area contributed by atoms with E-state index in [0.717, 1.165) is 0 Å². The standard InChI is InChI=1S/C20H19I/c1-20(2,3)17-11-10-14(13-17)12-16-8-4-6-15-7-5-9-18(21)19(15)16/h4-13H,1-3H3/b14-12+. The monoisotopic (exact) mass is 386 g/mol. The van der Waals surface area contributed by atoms with Crippen molar-refractivity contribution in [3.05, 3.63) is 74.9 Å². The van der Waals surface area contributed by atoms with E-state index in [1.54, 1.807) is 0 Å². The summed E-state index contributed by atoms with van der Waals surface area (Å²) in [5, 5.41) is 2.65. The number of allylic oxidation sites excluding steroid dienone is 5. The van der Waals surface area contributed by atoms with Crippen LogP contribution in [0.5, 0.6) is 0 Å². The van der Waals surface area contributed by atoms with E-state index in [1.807, 2.05) is 0 Å². The molecule has 0 nitrogen and oxygen atoms in total. The van der Waals surface area contributed by atoms with E-state index < -0.39 is 0 Å². The molecule has 0 heterocycles. The highest BCUT2D eigenvalue weighted by Crippen LogP contribution is 2.33. The molecule has 1 heteroatoms. The molecule has 0 radical (unpaired) electrons. The van der Waals surface area contributed by atoms with Gasteiger partial charge in [-0.3, -0.25) is 0 Å². The second-order valence-electron chi connectivity index (χ2n) is 6.51. The van der Waals surface area contributed by atoms with Crippen LogP contribution in [-0.2, 0) is 0 Å². The van der Waals surface area contributed by atoms with Gasteiger partial charge in [-0.05, 0) is 62.2 Å². The Bertz CT molecular complexity index is 778. The maximum atomic E-state index is 2.42. The first-order valence-corrected chi connectivity index (χ1v) is 8.32. The Kier molecular flexibility index (Phi) is 3.78. The smallest absolute Gasteiger partial charge is 0.0214 e. The van der Waals surface area contributed by atoms with Crippen molar-refractivity contribution in [1.29, 1.82) is 0 Å². The van der Waals surface area contributed by atoms with Gasteiger partial charge in [0.05, 0.1) is 0 Å². The van der Waals surface area contributed by atoms with Crippen LogP contribution in [0.25, 0.3) is 16.8 Å². The third-order valence-corrected chi connectivity index (χ3v) is 4.75. The molecule has 0 spiro atoms. The lowest BCUT2D eigenvalue weighted by Gasteiger charge is -2.18. The van der Waals surface area contributed by atoms with Gasteiger partial charge in [-0.25, -0.2) is 0 Å². The van der Waals surface area contributed by atoms with Gasteiger partial charge < -0.3 is 0 Å². The molecule has 1 aliphatic rings. The zero-order chi connectivity index (χ0) is 15.0. The Morgan fingerprint density at radius 3 is 2.33 bits per heavy atom. The van der Waals surface area contributed by atoms with Crippen LogP contribution in [0.2, 0.25) is 0 Å². The third-order valence-electron chi connectivity index (χ3n) is 3.85. The van der Waals surface area contributed by atoms with Crippen molar-refractivity contribution < 1.29 is 0 Å². The molecular weight excluding hydrogens is 367 g/mol. The van der Waals surface area contributed by atoms with Gasteiger partial charge in [0.15, 0.2) is 0 Å². The summed E-state index contributed by atoms with van der Waals surface area (Å²) in [6, 6.07) is 13.0. The minimum atomic E-state index is 0.208. The van der Waals surface area contributed by atoms with E-state index in [0.29, 0.717) is 0 Å². The van der Waals surface area contributed by atoms with Gasteiger partial charge in [0.1, 0.15) is 0 Å². The molecule has 0 saturated heterocycles. The number of hydrogen-bond donors (Lipinski definition) is 0. The summed E-state index contributed by atoms with van der Waals surface area (Å²) in [5.74, 6) is 0. The Balaban J connectivity index is 2.10. The highest BCUT2D eigenvalue weighted by molar-refractivity contribution is 14.1. The molecule has 0 aromatic heterocycles. The minimum absolute atomic E-state index is 0.208. The zero-order valence-corrected chi connectivity index (χ0v) is 14.8. The van der Waals surface area contributed by atoms with E-state index in [-0.39, 0.29) is 5.41 Å². The molecule has 0 N–H and O–H groups in total. The molecule has 2 aromatic rings. The van der Waals surface area contributed by atoms with Crippen LogP contribution < -0.4 is 0 Å². The second-order valence-corrected chi connectivity index (χ2v) is 7.67. The van der Waals surface area contributed by atoms with E-state index >= 15 is 0 Å². The Labute approximate surface area is 140 Å². The maximum Gasteiger partial charge on any atom is 0.0214 e. The first kappa shape index (κ1) is 14.6. The lowest BCUT2D eigenvalue weighted by molar-refractivity contribution is 0.518. The Morgan fingerprint density at radius 2 is 1.67 bits per heavy atom. The van der Waals surface area contributed by atoms with Crippen LogP contribution in [0.1, 0.15) is 26.3 Å². The summed E-state index contributed by atoms with van der Waals surface area (Å²) in [6.45, 7) is 6.77. The fourth-order valence-electron chi connectivity index (χ4n) is 2.64. The molecule has 0 unspecified atom stereocenters. The molecule has 2 aromatic carbocycles. The van der Waals surface area contributed by atoms with Crippen molar-refractivity contribution in [1.82, 2.24) is 0 Å². The topological polar surface area (TPSA) is 0 Å². The molecule has 0 atom stereocenters. The normalized spacial score (nSPS) is 16.8. The lowest BCUT2D eigenvalue weighted by Crippen LogP contribution is -2.05. The molecule has 106 valence electrons. The van der Waals surface area contributed by atoms with Gasteiger partial charge in [0.2, 0.25) is 0 Å². The van der Waals surface area contributed by atoms with Crippen LogP contribution in [0.3, 0.4) is 0 Å². The SMILES string of the molecule is CC(C)(C)C1=C/C(=C/c2cccc3cccc(I)c23)C=C1. The first-order valence-electron chi connectivity index (χ1n) is 7.24. The average Bonchev–Trinajstić information content (AvgIpc) is 2.88. The number of fused-ring (bicyclic) bond motifs is 1. The number of benzene rings is 2. The molecule has 0 bridgehead atoms. The third kappa shape index (κ3) is 2.98. The van der Waals surface area contributed by atoms with Crippen molar-refractivity contribution in [2.45, 2.75) is 20.8 Å². The van der Waals surface area contributed by atoms with Gasteiger partial charge in [0, 0.05) is 8.96 Å². The average molecular weight is 386 g/mol. The highest BCUT2D eigenvalue weighted by Gasteiger charge is 2.17. The van der Waals surface area contributed by atoms with Crippen LogP contribution >= 0.6 is 22.6 Å². The van der Waals surface area contributed by atoms with Crippen molar-refractivity contribution in [3.63, 3.8) is 0 Å². The van der Waals surface area contributed by atoms with Gasteiger partial charge in [-0.1, -0.05) is 69.3 Å². The van der Waals surface area contributed by atoms with E-state index in [1.165, 1.54) is 31.1 Å².